The zero-order valence-corrected chi connectivity index (χ0v) is 15.3. The van der Waals surface area contributed by atoms with Crippen molar-refractivity contribution in [2.75, 3.05) is 51.4 Å². The lowest BCUT2D eigenvalue weighted by Crippen LogP contribution is -2.47. The van der Waals surface area contributed by atoms with E-state index in [0.29, 0.717) is 6.04 Å². The van der Waals surface area contributed by atoms with E-state index in [9.17, 15) is 0 Å². The molecule has 0 radical (unpaired) electrons. The predicted octanol–water partition coefficient (Wildman–Crippen LogP) is 1.58. The zero-order valence-electron chi connectivity index (χ0n) is 15.3. The van der Waals surface area contributed by atoms with E-state index in [1.165, 1.54) is 18.5 Å². The maximum Gasteiger partial charge on any atom is 0.138 e. The average molecular weight is 357 g/mol. The third kappa shape index (κ3) is 4.06. The quantitative estimate of drug-likeness (QED) is 0.810. The smallest absolute Gasteiger partial charge is 0.138 e. The molecule has 2 saturated heterocycles. The van der Waals surface area contributed by atoms with Crippen LogP contribution in [0.25, 0.3) is 5.69 Å². The van der Waals surface area contributed by atoms with Gasteiger partial charge in [0.05, 0.1) is 31.6 Å². The Kier molecular flexibility index (Phi) is 5.48. The average Bonchev–Trinajstić information content (AvgIpc) is 3.24. The van der Waals surface area contributed by atoms with Crippen LogP contribution in [0.1, 0.15) is 12.8 Å². The van der Waals surface area contributed by atoms with Gasteiger partial charge in [-0.2, -0.15) is 5.10 Å². The van der Waals surface area contributed by atoms with Crippen LogP contribution < -0.4 is 4.90 Å². The highest BCUT2D eigenvalue weighted by molar-refractivity contribution is 5.51. The molecule has 2 aliphatic heterocycles. The van der Waals surface area contributed by atoms with E-state index >= 15 is 0 Å². The van der Waals surface area contributed by atoms with Crippen molar-refractivity contribution in [2.45, 2.75) is 25.0 Å². The fourth-order valence-electron chi connectivity index (χ4n) is 3.83. The van der Waals surface area contributed by atoms with Crippen LogP contribution in [0.15, 0.2) is 36.9 Å². The fraction of sp³-hybridized carbons (Fsp3) is 0.579. The van der Waals surface area contributed by atoms with E-state index in [2.05, 4.69) is 51.2 Å². The Morgan fingerprint density at radius 2 is 1.88 bits per heavy atom. The lowest BCUT2D eigenvalue weighted by Gasteiger charge is -2.39. The molecule has 26 heavy (non-hydrogen) atoms. The molecular formula is C19H27N5O2. The number of rotatable bonds is 5. The van der Waals surface area contributed by atoms with E-state index in [1.54, 1.807) is 17.3 Å². The largest absolute Gasteiger partial charge is 0.376 e. The third-order valence-electron chi connectivity index (χ3n) is 5.36. The number of anilines is 1. The van der Waals surface area contributed by atoms with Crippen LogP contribution >= 0.6 is 0 Å². The first-order valence-electron chi connectivity index (χ1n) is 9.39. The lowest BCUT2D eigenvalue weighted by molar-refractivity contribution is -0.0989. The number of piperidine rings is 1. The number of aromatic nitrogens is 3. The van der Waals surface area contributed by atoms with Gasteiger partial charge in [-0.3, -0.25) is 0 Å². The first-order chi connectivity index (χ1) is 12.8. The number of ether oxygens (including phenoxy) is 2. The van der Waals surface area contributed by atoms with E-state index in [4.69, 9.17) is 9.47 Å². The summed E-state index contributed by atoms with van der Waals surface area (Å²) in [6.45, 7) is 5.30. The van der Waals surface area contributed by atoms with Gasteiger partial charge in [0.25, 0.3) is 0 Å². The molecule has 3 heterocycles. The van der Waals surface area contributed by atoms with E-state index < -0.39 is 0 Å². The van der Waals surface area contributed by atoms with Crippen LogP contribution in [-0.4, -0.2) is 78.3 Å². The summed E-state index contributed by atoms with van der Waals surface area (Å²) in [5.41, 5.74) is 2.31. The van der Waals surface area contributed by atoms with Gasteiger partial charge < -0.3 is 19.3 Å². The van der Waals surface area contributed by atoms with Crippen molar-refractivity contribution in [3.05, 3.63) is 36.9 Å². The minimum absolute atomic E-state index is 0.219. The molecule has 140 valence electrons. The topological polar surface area (TPSA) is 55.7 Å². The standard InChI is InChI=1S/C19H27N5O2/c1-22(12-19-13-25-10-11-26-19)16-6-8-23(9-7-16)17-2-4-18(5-3-17)24-15-20-14-21-24/h2-5,14-16,19H,6-13H2,1H3. The summed E-state index contributed by atoms with van der Waals surface area (Å²) < 4.78 is 13.1. The van der Waals surface area contributed by atoms with Crippen LogP contribution in [0.2, 0.25) is 0 Å². The van der Waals surface area contributed by atoms with Gasteiger partial charge in [-0.15, -0.1) is 0 Å². The molecule has 1 unspecified atom stereocenters. The summed E-state index contributed by atoms with van der Waals surface area (Å²) in [7, 11) is 2.21. The van der Waals surface area contributed by atoms with Crippen molar-refractivity contribution in [1.82, 2.24) is 19.7 Å². The number of nitrogens with zero attached hydrogens (tertiary/aromatic N) is 5. The van der Waals surface area contributed by atoms with Gasteiger partial charge in [0, 0.05) is 31.4 Å². The molecule has 1 atom stereocenters. The molecule has 7 heteroatoms. The number of benzene rings is 1. The molecule has 4 rings (SSSR count). The molecule has 1 aromatic carbocycles. The van der Waals surface area contributed by atoms with E-state index in [1.807, 2.05) is 0 Å². The molecule has 0 spiro atoms. The molecule has 1 aromatic heterocycles. The second-order valence-corrected chi connectivity index (χ2v) is 7.08. The zero-order chi connectivity index (χ0) is 17.8. The Morgan fingerprint density at radius 1 is 1.12 bits per heavy atom. The Bertz CT molecular complexity index is 662. The number of likely N-dealkylation sites (N-methyl/N-ethyl adjacent to an activating group) is 1. The van der Waals surface area contributed by atoms with Gasteiger partial charge in [0.2, 0.25) is 0 Å². The highest BCUT2D eigenvalue weighted by atomic mass is 16.6. The van der Waals surface area contributed by atoms with Gasteiger partial charge in [-0.1, -0.05) is 0 Å². The molecule has 0 amide bonds. The van der Waals surface area contributed by atoms with Gasteiger partial charge in [0.15, 0.2) is 0 Å². The summed E-state index contributed by atoms with van der Waals surface area (Å²) in [5, 5.41) is 4.17. The summed E-state index contributed by atoms with van der Waals surface area (Å²) in [6.07, 6.45) is 5.84. The SMILES string of the molecule is CN(CC1COCCO1)C1CCN(c2ccc(-n3cncn3)cc2)CC1. The fourth-order valence-corrected chi connectivity index (χ4v) is 3.83. The number of hydrogen-bond acceptors (Lipinski definition) is 6. The van der Waals surface area contributed by atoms with Crippen molar-refractivity contribution in [3.63, 3.8) is 0 Å². The molecule has 2 fully saturated rings. The molecule has 7 nitrogen and oxygen atoms in total. The molecule has 0 bridgehead atoms. The van der Waals surface area contributed by atoms with Crippen molar-refractivity contribution >= 4 is 5.69 Å². The number of hydrogen-bond donors (Lipinski definition) is 0. The van der Waals surface area contributed by atoms with Crippen molar-refractivity contribution in [1.29, 1.82) is 0 Å². The molecular weight excluding hydrogens is 330 g/mol. The van der Waals surface area contributed by atoms with Gasteiger partial charge in [0.1, 0.15) is 12.7 Å². The highest BCUT2D eigenvalue weighted by Gasteiger charge is 2.25. The summed E-state index contributed by atoms with van der Waals surface area (Å²) in [6, 6.07) is 9.17. The molecule has 0 saturated carbocycles. The van der Waals surface area contributed by atoms with E-state index in [0.717, 1.165) is 45.1 Å². The first kappa shape index (κ1) is 17.5. The summed E-state index contributed by atoms with van der Waals surface area (Å²) in [4.78, 5) is 8.91. The van der Waals surface area contributed by atoms with Crippen LogP contribution in [-0.2, 0) is 9.47 Å². The second kappa shape index (κ2) is 8.16. The maximum atomic E-state index is 5.78. The summed E-state index contributed by atoms with van der Waals surface area (Å²) in [5.74, 6) is 0. The molecule has 0 N–H and O–H groups in total. The molecule has 2 aliphatic rings. The van der Waals surface area contributed by atoms with Crippen molar-refractivity contribution in [2.24, 2.45) is 0 Å². The molecule has 0 aliphatic carbocycles. The highest BCUT2D eigenvalue weighted by Crippen LogP contribution is 2.23. The minimum Gasteiger partial charge on any atom is -0.376 e. The van der Waals surface area contributed by atoms with Crippen LogP contribution in [0.3, 0.4) is 0 Å². The lowest BCUT2D eigenvalue weighted by atomic mass is 10.0. The van der Waals surface area contributed by atoms with Crippen molar-refractivity contribution < 1.29 is 9.47 Å². The minimum atomic E-state index is 0.219. The predicted molar refractivity (Wildman–Crippen MR) is 99.8 cm³/mol. The van der Waals surface area contributed by atoms with Crippen molar-refractivity contribution in [3.8, 4) is 5.69 Å². The third-order valence-corrected chi connectivity index (χ3v) is 5.36. The Balaban J connectivity index is 1.29. The maximum absolute atomic E-state index is 5.78. The first-order valence-corrected chi connectivity index (χ1v) is 9.39. The Hall–Kier alpha value is -1.96. The molecule has 2 aromatic rings. The van der Waals surface area contributed by atoms with Crippen LogP contribution in [0.5, 0.6) is 0 Å². The van der Waals surface area contributed by atoms with Gasteiger partial charge >= 0.3 is 0 Å². The Labute approximate surface area is 154 Å². The second-order valence-electron chi connectivity index (χ2n) is 7.08. The normalized spacial score (nSPS) is 22.1. The van der Waals surface area contributed by atoms with E-state index in [-0.39, 0.29) is 6.10 Å². The van der Waals surface area contributed by atoms with Gasteiger partial charge in [-0.05, 0) is 44.2 Å². The summed E-state index contributed by atoms with van der Waals surface area (Å²) >= 11 is 0. The van der Waals surface area contributed by atoms with Gasteiger partial charge in [-0.25, -0.2) is 9.67 Å². The van der Waals surface area contributed by atoms with Crippen LogP contribution in [0, 0.1) is 0 Å². The monoisotopic (exact) mass is 357 g/mol. The van der Waals surface area contributed by atoms with Crippen LogP contribution in [0.4, 0.5) is 5.69 Å². The Morgan fingerprint density at radius 3 is 2.54 bits per heavy atom.